The molecule has 0 aliphatic rings. The maximum Gasteiger partial charge on any atom is 0.230 e. The number of hydrogen-bond acceptors (Lipinski definition) is 6. The summed E-state index contributed by atoms with van der Waals surface area (Å²) in [6, 6.07) is 17.4. The van der Waals surface area contributed by atoms with Crippen LogP contribution in [0.5, 0.6) is 0 Å². The molecule has 1 amide bonds. The van der Waals surface area contributed by atoms with Gasteiger partial charge >= 0.3 is 0 Å². The lowest BCUT2D eigenvalue weighted by Gasteiger charge is -2.07. The Balaban J connectivity index is 1.32. The summed E-state index contributed by atoms with van der Waals surface area (Å²) in [5.74, 6) is 0.138. The largest absolute Gasteiger partial charge is 0.350 e. The summed E-state index contributed by atoms with van der Waals surface area (Å²) in [6.45, 7) is 0.393. The van der Waals surface area contributed by atoms with Gasteiger partial charge in [0.2, 0.25) is 5.91 Å². The van der Waals surface area contributed by atoms with E-state index < -0.39 is 0 Å². The fourth-order valence-electron chi connectivity index (χ4n) is 2.60. The van der Waals surface area contributed by atoms with Crippen molar-refractivity contribution in [2.75, 3.05) is 5.75 Å². The second-order valence-corrected chi connectivity index (χ2v) is 8.28. The van der Waals surface area contributed by atoms with E-state index in [0.29, 0.717) is 16.7 Å². The number of nitrogens with one attached hydrogen (secondary N) is 1. The van der Waals surface area contributed by atoms with Crippen molar-refractivity contribution in [2.45, 2.75) is 11.7 Å². The van der Waals surface area contributed by atoms with Crippen LogP contribution in [0.4, 0.5) is 0 Å². The number of aromatic nitrogens is 4. The van der Waals surface area contributed by atoms with Gasteiger partial charge in [-0.2, -0.15) is 0 Å². The van der Waals surface area contributed by atoms with E-state index in [9.17, 15) is 4.79 Å². The van der Waals surface area contributed by atoms with E-state index in [2.05, 4.69) is 20.5 Å². The maximum absolute atomic E-state index is 12.3. The van der Waals surface area contributed by atoms with Crippen molar-refractivity contribution in [3.63, 3.8) is 0 Å². The molecule has 0 radical (unpaired) electrons. The molecule has 0 saturated carbocycles. The van der Waals surface area contributed by atoms with Crippen LogP contribution >= 0.6 is 34.7 Å². The lowest BCUT2D eigenvalue weighted by atomic mass is 10.2. The number of amides is 1. The smallest absolute Gasteiger partial charge is 0.230 e. The summed E-state index contributed by atoms with van der Waals surface area (Å²) < 4.78 is 1.80. The summed E-state index contributed by atoms with van der Waals surface area (Å²) in [7, 11) is 0. The van der Waals surface area contributed by atoms with Gasteiger partial charge in [-0.05, 0) is 18.2 Å². The molecule has 29 heavy (non-hydrogen) atoms. The van der Waals surface area contributed by atoms with Gasteiger partial charge in [-0.15, -0.1) is 21.5 Å². The number of carbonyl (C=O) groups is 1. The third-order valence-corrected chi connectivity index (χ3v) is 6.09. The molecule has 2 heterocycles. The topological polar surface area (TPSA) is 72.7 Å². The van der Waals surface area contributed by atoms with E-state index in [-0.39, 0.29) is 11.7 Å². The number of rotatable bonds is 7. The minimum atomic E-state index is -0.0927. The van der Waals surface area contributed by atoms with Gasteiger partial charge in [0.05, 0.1) is 23.7 Å². The molecule has 0 bridgehead atoms. The average molecular weight is 442 g/mol. The second kappa shape index (κ2) is 9.21. The molecule has 0 atom stereocenters. The number of halogens is 1. The van der Waals surface area contributed by atoms with Crippen molar-refractivity contribution in [1.82, 2.24) is 25.1 Å². The Morgan fingerprint density at radius 2 is 2.03 bits per heavy atom. The number of carbonyl (C=O) groups excluding carboxylic acids is 1. The minimum Gasteiger partial charge on any atom is -0.350 e. The Bertz CT molecular complexity index is 1110. The van der Waals surface area contributed by atoms with E-state index in [1.165, 1.54) is 11.8 Å². The van der Waals surface area contributed by atoms with Crippen LogP contribution in [0.2, 0.25) is 5.02 Å². The molecule has 0 spiro atoms. The molecule has 0 fully saturated rings. The van der Waals surface area contributed by atoms with E-state index in [1.54, 1.807) is 28.3 Å². The Kier molecular flexibility index (Phi) is 6.24. The number of benzene rings is 2. The zero-order chi connectivity index (χ0) is 20.1. The monoisotopic (exact) mass is 441 g/mol. The second-order valence-electron chi connectivity index (χ2n) is 6.04. The first-order valence-corrected chi connectivity index (χ1v) is 11.0. The number of thioether (sulfide) groups is 1. The summed E-state index contributed by atoms with van der Waals surface area (Å²) in [6.07, 6.45) is 1.60. The van der Waals surface area contributed by atoms with E-state index in [1.807, 2.05) is 53.9 Å². The van der Waals surface area contributed by atoms with Crippen molar-refractivity contribution in [2.24, 2.45) is 0 Å². The molecule has 146 valence electrons. The summed E-state index contributed by atoms with van der Waals surface area (Å²) in [4.78, 5) is 16.8. The van der Waals surface area contributed by atoms with Crippen LogP contribution in [0.3, 0.4) is 0 Å². The normalized spacial score (nSPS) is 10.8. The lowest BCUT2D eigenvalue weighted by Crippen LogP contribution is -2.24. The van der Waals surface area contributed by atoms with E-state index in [0.717, 1.165) is 22.0 Å². The minimum absolute atomic E-state index is 0.0927. The number of nitrogens with zero attached hydrogens (tertiary/aromatic N) is 4. The third-order valence-electron chi connectivity index (χ3n) is 3.97. The fourth-order valence-corrected chi connectivity index (χ4v) is 4.37. The highest BCUT2D eigenvalue weighted by atomic mass is 35.5. The molecule has 0 saturated heterocycles. The van der Waals surface area contributed by atoms with Gasteiger partial charge in [-0.3, -0.25) is 9.36 Å². The molecule has 0 aliphatic carbocycles. The van der Waals surface area contributed by atoms with Gasteiger partial charge in [0, 0.05) is 16.0 Å². The van der Waals surface area contributed by atoms with Gasteiger partial charge in [-0.25, -0.2) is 4.98 Å². The van der Waals surface area contributed by atoms with E-state index in [4.69, 9.17) is 11.6 Å². The van der Waals surface area contributed by atoms with Crippen LogP contribution in [0.15, 0.2) is 71.5 Å². The van der Waals surface area contributed by atoms with E-state index >= 15 is 0 Å². The molecular weight excluding hydrogens is 426 g/mol. The quantitative estimate of drug-likeness (QED) is 0.429. The van der Waals surface area contributed by atoms with Crippen LogP contribution in [-0.2, 0) is 11.3 Å². The van der Waals surface area contributed by atoms with Gasteiger partial charge in [0.15, 0.2) is 5.16 Å². The van der Waals surface area contributed by atoms with Crippen LogP contribution in [0.1, 0.15) is 5.69 Å². The lowest BCUT2D eigenvalue weighted by molar-refractivity contribution is -0.118. The molecule has 6 nitrogen and oxygen atoms in total. The van der Waals surface area contributed by atoms with Gasteiger partial charge in [-0.1, -0.05) is 59.8 Å². The van der Waals surface area contributed by atoms with Crippen LogP contribution in [0.25, 0.3) is 16.3 Å². The molecule has 0 unspecified atom stereocenters. The Labute approximate surface area is 181 Å². The predicted molar refractivity (Wildman–Crippen MR) is 116 cm³/mol. The Morgan fingerprint density at radius 1 is 1.17 bits per heavy atom. The van der Waals surface area contributed by atoms with Crippen LogP contribution < -0.4 is 5.32 Å². The van der Waals surface area contributed by atoms with Gasteiger partial charge in [0.1, 0.15) is 11.3 Å². The maximum atomic E-state index is 12.3. The number of thiazole rings is 1. The molecule has 2 aromatic carbocycles. The standard InChI is InChI=1S/C20H16ClN5OS2/c21-15-7-4-8-17(9-15)26-13-23-25-20(26)29-12-18(27)22-10-16-11-28-19(24-16)14-5-2-1-3-6-14/h1-9,11,13H,10,12H2,(H,22,27). The van der Waals surface area contributed by atoms with Crippen molar-refractivity contribution in [3.05, 3.63) is 77.0 Å². The molecule has 0 aliphatic heterocycles. The first-order valence-electron chi connectivity index (χ1n) is 8.74. The van der Waals surface area contributed by atoms with Crippen LogP contribution in [-0.4, -0.2) is 31.4 Å². The van der Waals surface area contributed by atoms with Crippen LogP contribution in [0, 0.1) is 0 Å². The molecule has 1 N–H and O–H groups in total. The summed E-state index contributed by atoms with van der Waals surface area (Å²) >= 11 is 8.93. The average Bonchev–Trinajstić information content (AvgIpc) is 3.41. The van der Waals surface area contributed by atoms with Crippen molar-refractivity contribution in [1.29, 1.82) is 0 Å². The fraction of sp³-hybridized carbons (Fsp3) is 0.100. The molecular formula is C20H16ClN5OS2. The summed E-state index contributed by atoms with van der Waals surface area (Å²) in [5.41, 5.74) is 2.77. The van der Waals surface area contributed by atoms with Gasteiger partial charge in [0.25, 0.3) is 0 Å². The zero-order valence-electron chi connectivity index (χ0n) is 15.2. The summed E-state index contributed by atoms with van der Waals surface area (Å²) in [5, 5.41) is 15.1. The van der Waals surface area contributed by atoms with Crippen molar-refractivity contribution < 1.29 is 4.79 Å². The third kappa shape index (κ3) is 5.03. The highest BCUT2D eigenvalue weighted by molar-refractivity contribution is 7.99. The zero-order valence-corrected chi connectivity index (χ0v) is 17.5. The van der Waals surface area contributed by atoms with Crippen molar-refractivity contribution >= 4 is 40.6 Å². The number of hydrogen-bond donors (Lipinski definition) is 1. The van der Waals surface area contributed by atoms with Gasteiger partial charge < -0.3 is 5.32 Å². The SMILES string of the molecule is O=C(CSc1nncn1-c1cccc(Cl)c1)NCc1csc(-c2ccccc2)n1. The first-order chi connectivity index (χ1) is 14.2. The first kappa shape index (κ1) is 19.6. The Morgan fingerprint density at radius 3 is 2.86 bits per heavy atom. The molecule has 2 aromatic heterocycles. The Hall–Kier alpha value is -2.68. The van der Waals surface area contributed by atoms with Crippen molar-refractivity contribution in [3.8, 4) is 16.3 Å². The highest BCUT2D eigenvalue weighted by Crippen LogP contribution is 2.24. The molecule has 4 aromatic rings. The molecule has 9 heteroatoms. The highest BCUT2D eigenvalue weighted by Gasteiger charge is 2.11. The molecule has 4 rings (SSSR count). The predicted octanol–water partition coefficient (Wildman–Crippen LogP) is 4.45.